The van der Waals surface area contributed by atoms with E-state index in [1.54, 1.807) is 6.33 Å². The zero-order chi connectivity index (χ0) is 17.9. The third-order valence-electron chi connectivity index (χ3n) is 4.02. The Morgan fingerprint density at radius 1 is 1.00 bits per heavy atom. The molecule has 0 fully saturated rings. The smallest absolute Gasteiger partial charge is 0.223 e. The number of nitrogens with zero attached hydrogens (tertiary/aromatic N) is 4. The van der Waals surface area contributed by atoms with Gasteiger partial charge >= 0.3 is 0 Å². The number of hydrogen-bond donors (Lipinski definition) is 1. The predicted octanol–water partition coefficient (Wildman–Crippen LogP) is 3.17. The SMILES string of the molecule is Cc1cccc(C#Cc2nc(N)nc3c2ncn3Cc2ccccc2)c1. The van der Waals surface area contributed by atoms with Crippen molar-refractivity contribution in [2.45, 2.75) is 13.5 Å². The Labute approximate surface area is 151 Å². The molecule has 0 saturated heterocycles. The van der Waals surface area contributed by atoms with E-state index >= 15 is 0 Å². The Kier molecular flexibility index (Phi) is 4.08. The average Bonchev–Trinajstić information content (AvgIpc) is 3.03. The van der Waals surface area contributed by atoms with Crippen LogP contribution in [0.2, 0.25) is 0 Å². The minimum absolute atomic E-state index is 0.195. The molecule has 2 aromatic heterocycles. The van der Waals surface area contributed by atoms with E-state index < -0.39 is 0 Å². The highest BCUT2D eigenvalue weighted by atomic mass is 15.1. The maximum absolute atomic E-state index is 5.91. The number of aromatic nitrogens is 4. The average molecular weight is 339 g/mol. The van der Waals surface area contributed by atoms with Gasteiger partial charge in [0.1, 0.15) is 11.2 Å². The van der Waals surface area contributed by atoms with Crippen LogP contribution < -0.4 is 5.73 Å². The largest absolute Gasteiger partial charge is 0.368 e. The molecule has 0 spiro atoms. The van der Waals surface area contributed by atoms with Gasteiger partial charge in [-0.1, -0.05) is 48.4 Å². The Morgan fingerprint density at radius 2 is 1.85 bits per heavy atom. The van der Waals surface area contributed by atoms with Crippen molar-refractivity contribution in [2.24, 2.45) is 0 Å². The summed E-state index contributed by atoms with van der Waals surface area (Å²) in [7, 11) is 0. The third-order valence-corrected chi connectivity index (χ3v) is 4.02. The van der Waals surface area contributed by atoms with E-state index in [0.717, 1.165) is 16.7 Å². The molecule has 4 aromatic rings. The molecule has 0 unspecified atom stereocenters. The molecule has 0 amide bonds. The second-order valence-corrected chi connectivity index (χ2v) is 6.08. The van der Waals surface area contributed by atoms with Gasteiger partial charge in [0.05, 0.1) is 12.9 Å². The van der Waals surface area contributed by atoms with Gasteiger partial charge in [0, 0.05) is 5.56 Å². The summed E-state index contributed by atoms with van der Waals surface area (Å²) in [5.41, 5.74) is 11.1. The van der Waals surface area contributed by atoms with Gasteiger partial charge < -0.3 is 10.3 Å². The van der Waals surface area contributed by atoms with Crippen LogP contribution >= 0.6 is 0 Å². The van der Waals surface area contributed by atoms with Crippen molar-refractivity contribution in [2.75, 3.05) is 5.73 Å². The summed E-state index contributed by atoms with van der Waals surface area (Å²) < 4.78 is 1.96. The van der Waals surface area contributed by atoms with Gasteiger partial charge in [0.15, 0.2) is 5.65 Å². The zero-order valence-corrected chi connectivity index (χ0v) is 14.3. The van der Waals surface area contributed by atoms with E-state index in [2.05, 4.69) is 38.9 Å². The van der Waals surface area contributed by atoms with Gasteiger partial charge in [-0.25, -0.2) is 9.97 Å². The molecule has 5 heteroatoms. The van der Waals surface area contributed by atoms with Crippen LogP contribution in [0.5, 0.6) is 0 Å². The molecule has 0 atom stereocenters. The molecule has 2 N–H and O–H groups in total. The summed E-state index contributed by atoms with van der Waals surface area (Å²) in [6.07, 6.45) is 1.75. The monoisotopic (exact) mass is 339 g/mol. The summed E-state index contributed by atoms with van der Waals surface area (Å²) in [6.45, 7) is 2.70. The standard InChI is InChI=1S/C21H17N5/c1-15-6-5-9-16(12-15)10-11-18-19-20(25-21(22)24-18)26(14-23-19)13-17-7-3-2-4-8-17/h2-9,12,14H,13H2,1H3,(H2,22,24,25). The molecule has 126 valence electrons. The fourth-order valence-corrected chi connectivity index (χ4v) is 2.80. The minimum Gasteiger partial charge on any atom is -0.368 e. The lowest BCUT2D eigenvalue weighted by Gasteiger charge is -2.04. The Morgan fingerprint density at radius 3 is 2.65 bits per heavy atom. The van der Waals surface area contributed by atoms with Crippen LogP contribution in [0.25, 0.3) is 11.2 Å². The number of nitrogens with two attached hydrogens (primary N) is 1. The van der Waals surface area contributed by atoms with Gasteiger partial charge in [-0.05, 0) is 36.1 Å². The topological polar surface area (TPSA) is 69.6 Å². The molecular weight excluding hydrogens is 322 g/mol. The van der Waals surface area contributed by atoms with E-state index in [0.29, 0.717) is 23.4 Å². The molecular formula is C21H17N5. The lowest BCUT2D eigenvalue weighted by molar-refractivity contribution is 0.814. The van der Waals surface area contributed by atoms with Crippen molar-refractivity contribution in [1.29, 1.82) is 0 Å². The number of benzene rings is 2. The Bertz CT molecular complexity index is 1130. The minimum atomic E-state index is 0.195. The maximum atomic E-state index is 5.91. The molecule has 2 heterocycles. The van der Waals surface area contributed by atoms with Crippen molar-refractivity contribution >= 4 is 17.1 Å². The van der Waals surface area contributed by atoms with E-state index in [9.17, 15) is 0 Å². The number of imidazole rings is 1. The van der Waals surface area contributed by atoms with Crippen LogP contribution in [0.15, 0.2) is 60.9 Å². The molecule has 4 rings (SSSR count). The molecule has 0 aliphatic carbocycles. The van der Waals surface area contributed by atoms with Crippen molar-refractivity contribution in [3.05, 3.63) is 83.3 Å². The second-order valence-electron chi connectivity index (χ2n) is 6.08. The molecule has 26 heavy (non-hydrogen) atoms. The molecule has 0 aliphatic rings. The van der Waals surface area contributed by atoms with Crippen molar-refractivity contribution < 1.29 is 0 Å². The number of rotatable bonds is 2. The summed E-state index contributed by atoms with van der Waals surface area (Å²) >= 11 is 0. The quantitative estimate of drug-likeness (QED) is 0.570. The fourth-order valence-electron chi connectivity index (χ4n) is 2.80. The Balaban J connectivity index is 1.75. The highest BCUT2D eigenvalue weighted by Gasteiger charge is 2.11. The van der Waals surface area contributed by atoms with Crippen LogP contribution in [0.4, 0.5) is 5.95 Å². The lowest BCUT2D eigenvalue weighted by atomic mass is 10.1. The van der Waals surface area contributed by atoms with E-state index in [-0.39, 0.29) is 5.95 Å². The number of aryl methyl sites for hydroxylation is 1. The normalized spacial score (nSPS) is 10.5. The summed E-state index contributed by atoms with van der Waals surface area (Å²) in [5, 5.41) is 0. The van der Waals surface area contributed by atoms with Crippen LogP contribution in [-0.4, -0.2) is 19.5 Å². The first-order chi connectivity index (χ1) is 12.7. The second kappa shape index (κ2) is 6.69. The number of fused-ring (bicyclic) bond motifs is 1. The third kappa shape index (κ3) is 3.26. The highest BCUT2D eigenvalue weighted by Crippen LogP contribution is 2.16. The first kappa shape index (κ1) is 15.9. The Hall–Kier alpha value is -3.65. The molecule has 0 bridgehead atoms. The van der Waals surface area contributed by atoms with Gasteiger partial charge in [0.2, 0.25) is 5.95 Å². The summed E-state index contributed by atoms with van der Waals surface area (Å²) in [6, 6.07) is 18.2. The molecule has 5 nitrogen and oxygen atoms in total. The predicted molar refractivity (Wildman–Crippen MR) is 102 cm³/mol. The molecule has 2 aromatic carbocycles. The summed E-state index contributed by atoms with van der Waals surface area (Å²) in [5.74, 6) is 6.42. The van der Waals surface area contributed by atoms with Crippen LogP contribution in [0.1, 0.15) is 22.4 Å². The van der Waals surface area contributed by atoms with Gasteiger partial charge in [-0.15, -0.1) is 0 Å². The number of anilines is 1. The van der Waals surface area contributed by atoms with Crippen molar-refractivity contribution in [3.8, 4) is 11.8 Å². The summed E-state index contributed by atoms with van der Waals surface area (Å²) in [4.78, 5) is 13.1. The highest BCUT2D eigenvalue weighted by molar-refractivity contribution is 5.78. The van der Waals surface area contributed by atoms with Crippen molar-refractivity contribution in [1.82, 2.24) is 19.5 Å². The van der Waals surface area contributed by atoms with Crippen LogP contribution in [0.3, 0.4) is 0 Å². The van der Waals surface area contributed by atoms with Gasteiger partial charge in [-0.3, -0.25) is 0 Å². The van der Waals surface area contributed by atoms with E-state index in [4.69, 9.17) is 5.73 Å². The fraction of sp³-hybridized carbons (Fsp3) is 0.0952. The first-order valence-electron chi connectivity index (χ1n) is 8.30. The lowest BCUT2D eigenvalue weighted by Crippen LogP contribution is -2.03. The van der Waals surface area contributed by atoms with Crippen LogP contribution in [-0.2, 0) is 6.54 Å². The van der Waals surface area contributed by atoms with Crippen molar-refractivity contribution in [3.63, 3.8) is 0 Å². The van der Waals surface area contributed by atoms with Gasteiger partial charge in [-0.2, -0.15) is 4.98 Å². The van der Waals surface area contributed by atoms with Gasteiger partial charge in [0.25, 0.3) is 0 Å². The zero-order valence-electron chi connectivity index (χ0n) is 14.3. The maximum Gasteiger partial charge on any atom is 0.223 e. The first-order valence-corrected chi connectivity index (χ1v) is 8.30. The molecule has 0 aliphatic heterocycles. The van der Waals surface area contributed by atoms with E-state index in [1.165, 1.54) is 0 Å². The van der Waals surface area contributed by atoms with E-state index in [1.807, 2.05) is 54.0 Å². The van der Waals surface area contributed by atoms with Crippen LogP contribution in [0, 0.1) is 18.8 Å². The molecule has 0 saturated carbocycles. The number of nitrogen functional groups attached to an aromatic ring is 1. The molecule has 0 radical (unpaired) electrons. The number of hydrogen-bond acceptors (Lipinski definition) is 4.